The third-order valence-electron chi connectivity index (χ3n) is 8.03. The Morgan fingerprint density at radius 3 is 2.79 bits per heavy atom. The number of thioether (sulfide) groups is 1. The van der Waals surface area contributed by atoms with Gasteiger partial charge in [0.15, 0.2) is 5.16 Å². The number of nitrogens with zero attached hydrogens (tertiary/aromatic N) is 2. The zero-order valence-electron chi connectivity index (χ0n) is 19.8. The van der Waals surface area contributed by atoms with Crippen molar-refractivity contribution in [2.75, 3.05) is 0 Å². The van der Waals surface area contributed by atoms with E-state index in [-0.39, 0.29) is 16.7 Å². The molecule has 178 valence electrons. The van der Waals surface area contributed by atoms with E-state index in [4.69, 9.17) is 4.98 Å². The highest BCUT2D eigenvalue weighted by Crippen LogP contribution is 2.44. The lowest BCUT2D eigenvalue weighted by molar-refractivity contribution is -0.121. The minimum Gasteiger partial charge on any atom is -0.352 e. The van der Waals surface area contributed by atoms with Crippen LogP contribution >= 0.6 is 23.1 Å². The highest BCUT2D eigenvalue weighted by atomic mass is 32.2. The summed E-state index contributed by atoms with van der Waals surface area (Å²) < 4.78 is 1.76. The van der Waals surface area contributed by atoms with Crippen LogP contribution in [0.2, 0.25) is 0 Å². The summed E-state index contributed by atoms with van der Waals surface area (Å²) in [5.74, 6) is 1.49. The van der Waals surface area contributed by atoms with Crippen molar-refractivity contribution in [3.05, 3.63) is 50.6 Å². The van der Waals surface area contributed by atoms with Gasteiger partial charge in [0.1, 0.15) is 4.83 Å². The number of thiophene rings is 1. The first-order valence-corrected chi connectivity index (χ1v) is 14.3. The maximum absolute atomic E-state index is 14.0. The summed E-state index contributed by atoms with van der Waals surface area (Å²) in [7, 11) is 0. The number of para-hydroxylation sites is 1. The van der Waals surface area contributed by atoms with Crippen LogP contribution in [0.25, 0.3) is 15.9 Å². The van der Waals surface area contributed by atoms with E-state index in [2.05, 4.69) is 5.32 Å². The number of carbonyl (C=O) groups is 1. The van der Waals surface area contributed by atoms with Crippen LogP contribution in [0.5, 0.6) is 0 Å². The summed E-state index contributed by atoms with van der Waals surface area (Å²) in [4.78, 5) is 34.3. The van der Waals surface area contributed by atoms with Crippen molar-refractivity contribution in [2.24, 2.45) is 11.8 Å². The summed E-state index contributed by atoms with van der Waals surface area (Å²) in [5, 5.41) is 4.39. The van der Waals surface area contributed by atoms with Gasteiger partial charge in [-0.25, -0.2) is 4.98 Å². The molecule has 0 saturated heterocycles. The van der Waals surface area contributed by atoms with Gasteiger partial charge in [-0.05, 0) is 87.8 Å². The number of rotatable bonds is 5. The Morgan fingerprint density at radius 1 is 1.21 bits per heavy atom. The average molecular weight is 494 g/mol. The summed E-state index contributed by atoms with van der Waals surface area (Å²) in [6.07, 6.45) is 9.23. The number of nitrogens with one attached hydrogen (secondary N) is 1. The van der Waals surface area contributed by atoms with Gasteiger partial charge in [-0.15, -0.1) is 11.3 Å². The molecule has 2 bridgehead atoms. The number of carbonyl (C=O) groups excluding carboxylic acids is 1. The molecule has 2 saturated carbocycles. The average Bonchev–Trinajstić information content (AvgIpc) is 3.54. The Labute approximate surface area is 208 Å². The Balaban J connectivity index is 1.38. The fourth-order valence-corrected chi connectivity index (χ4v) is 8.46. The molecule has 0 spiro atoms. The predicted molar refractivity (Wildman–Crippen MR) is 139 cm³/mol. The summed E-state index contributed by atoms with van der Waals surface area (Å²) in [5.41, 5.74) is 3.07. The first-order valence-electron chi connectivity index (χ1n) is 12.6. The number of hydrogen-bond acceptors (Lipinski definition) is 5. The molecule has 6 rings (SSSR count). The lowest BCUT2D eigenvalue weighted by atomic mass is 9.95. The zero-order chi connectivity index (χ0) is 23.4. The molecule has 0 radical (unpaired) electrons. The van der Waals surface area contributed by atoms with E-state index in [9.17, 15) is 9.59 Å². The molecular formula is C27H31N3O2S2. The minimum atomic E-state index is -0.326. The minimum absolute atomic E-state index is 0.00177. The van der Waals surface area contributed by atoms with E-state index in [1.54, 1.807) is 15.9 Å². The van der Waals surface area contributed by atoms with Gasteiger partial charge in [-0.3, -0.25) is 14.2 Å². The second-order valence-electron chi connectivity index (χ2n) is 10.3. The van der Waals surface area contributed by atoms with E-state index in [1.165, 1.54) is 47.9 Å². The Hall–Kier alpha value is -2.12. The van der Waals surface area contributed by atoms with Crippen molar-refractivity contribution in [1.29, 1.82) is 0 Å². The molecule has 1 aromatic carbocycles. The molecule has 4 atom stereocenters. The van der Waals surface area contributed by atoms with Crippen LogP contribution < -0.4 is 10.9 Å². The number of hydrogen-bond donors (Lipinski definition) is 1. The van der Waals surface area contributed by atoms with E-state index < -0.39 is 0 Å². The molecule has 3 aliphatic carbocycles. The Bertz CT molecular complexity index is 1330. The van der Waals surface area contributed by atoms with Crippen molar-refractivity contribution in [3.63, 3.8) is 0 Å². The van der Waals surface area contributed by atoms with Crippen LogP contribution in [-0.2, 0) is 17.6 Å². The third-order valence-corrected chi connectivity index (χ3v) is 10.3. The van der Waals surface area contributed by atoms with Gasteiger partial charge in [0.25, 0.3) is 5.56 Å². The quantitative estimate of drug-likeness (QED) is 0.381. The molecule has 0 aliphatic heterocycles. The Morgan fingerprint density at radius 2 is 2.03 bits per heavy atom. The highest BCUT2D eigenvalue weighted by molar-refractivity contribution is 8.00. The van der Waals surface area contributed by atoms with Crippen molar-refractivity contribution in [1.82, 2.24) is 14.9 Å². The topological polar surface area (TPSA) is 64.0 Å². The second kappa shape index (κ2) is 8.83. The van der Waals surface area contributed by atoms with Crippen LogP contribution in [0, 0.1) is 18.8 Å². The normalized spacial score (nSPS) is 24.4. The van der Waals surface area contributed by atoms with Gasteiger partial charge in [0, 0.05) is 10.9 Å². The summed E-state index contributed by atoms with van der Waals surface area (Å²) in [6.45, 7) is 3.96. The van der Waals surface area contributed by atoms with Gasteiger partial charge in [0.05, 0.1) is 16.3 Å². The largest absolute Gasteiger partial charge is 0.352 e. The maximum atomic E-state index is 14.0. The molecule has 5 nitrogen and oxygen atoms in total. The molecule has 1 N–H and O–H groups in total. The molecule has 7 heteroatoms. The predicted octanol–water partition coefficient (Wildman–Crippen LogP) is 5.42. The lowest BCUT2D eigenvalue weighted by Gasteiger charge is -2.24. The van der Waals surface area contributed by atoms with Gasteiger partial charge in [-0.1, -0.05) is 36.4 Å². The van der Waals surface area contributed by atoms with Crippen molar-refractivity contribution in [2.45, 2.75) is 81.7 Å². The second-order valence-corrected chi connectivity index (χ2v) is 12.7. The van der Waals surface area contributed by atoms with Crippen LogP contribution in [0.1, 0.15) is 61.5 Å². The first kappa shape index (κ1) is 22.4. The summed E-state index contributed by atoms with van der Waals surface area (Å²) >= 11 is 3.07. The van der Waals surface area contributed by atoms with E-state index in [1.807, 2.05) is 38.1 Å². The smallest absolute Gasteiger partial charge is 0.267 e. The first-order chi connectivity index (χ1) is 16.5. The van der Waals surface area contributed by atoms with Crippen molar-refractivity contribution >= 4 is 39.2 Å². The van der Waals surface area contributed by atoms with E-state index in [0.29, 0.717) is 17.1 Å². The fourth-order valence-electron chi connectivity index (χ4n) is 6.23. The number of aromatic nitrogens is 2. The lowest BCUT2D eigenvalue weighted by Crippen LogP contribution is -2.42. The molecule has 3 aliphatic rings. The number of benzene rings is 1. The van der Waals surface area contributed by atoms with Gasteiger partial charge >= 0.3 is 0 Å². The van der Waals surface area contributed by atoms with Crippen LogP contribution in [-0.4, -0.2) is 26.8 Å². The van der Waals surface area contributed by atoms with Gasteiger partial charge in [0.2, 0.25) is 5.91 Å². The van der Waals surface area contributed by atoms with Crippen LogP contribution in [0.15, 0.2) is 34.2 Å². The summed E-state index contributed by atoms with van der Waals surface area (Å²) in [6, 6.07) is 8.26. The van der Waals surface area contributed by atoms with Crippen molar-refractivity contribution in [3.8, 4) is 5.69 Å². The maximum Gasteiger partial charge on any atom is 0.267 e. The van der Waals surface area contributed by atoms with Crippen LogP contribution in [0.3, 0.4) is 0 Å². The third kappa shape index (κ3) is 3.81. The number of fused-ring (bicyclic) bond motifs is 5. The van der Waals surface area contributed by atoms with Crippen molar-refractivity contribution < 1.29 is 4.79 Å². The number of amides is 1. The van der Waals surface area contributed by atoms with Gasteiger partial charge < -0.3 is 5.32 Å². The van der Waals surface area contributed by atoms with E-state index in [0.717, 1.165) is 53.1 Å². The standard InChI is InChI=1S/C27H31N3O2S2/c1-15-7-3-5-9-21(15)30-26(32)23-19-8-4-6-10-22(19)34-25(23)29-27(30)33-16(2)24(31)28-20-14-17-11-12-18(20)13-17/h3,5,7,9,16-18,20H,4,6,8,10-14H2,1-2H3,(H,28,31). The molecule has 3 aromatic rings. The molecule has 2 heterocycles. The molecule has 2 fully saturated rings. The van der Waals surface area contributed by atoms with Crippen LogP contribution in [0.4, 0.5) is 0 Å². The SMILES string of the molecule is Cc1ccccc1-n1c(SC(C)C(=O)NC2CC3CCC2C3)nc2sc3c(c2c1=O)CCCC3. The monoisotopic (exact) mass is 493 g/mol. The van der Waals surface area contributed by atoms with E-state index >= 15 is 0 Å². The molecule has 2 aromatic heterocycles. The molecule has 4 unspecified atom stereocenters. The molecule has 1 amide bonds. The fraction of sp³-hybridized carbons (Fsp3) is 0.519. The molecular weight excluding hydrogens is 462 g/mol. The highest BCUT2D eigenvalue weighted by Gasteiger charge is 2.40. The number of aryl methyl sites for hydroxylation is 3. The Kier molecular flexibility index (Phi) is 5.80. The van der Waals surface area contributed by atoms with Gasteiger partial charge in [-0.2, -0.15) is 0 Å². The molecule has 34 heavy (non-hydrogen) atoms. The zero-order valence-corrected chi connectivity index (χ0v) is 21.4.